The Morgan fingerprint density at radius 3 is 2.28 bits per heavy atom. The van der Waals surface area contributed by atoms with Crippen LogP contribution in [0, 0.1) is 0 Å². The summed E-state index contributed by atoms with van der Waals surface area (Å²) in [6, 6.07) is 20.6. The summed E-state index contributed by atoms with van der Waals surface area (Å²) in [4.78, 5) is 0. The summed E-state index contributed by atoms with van der Waals surface area (Å²) in [7, 11) is 0. The minimum atomic E-state index is 0.962. The van der Waals surface area contributed by atoms with E-state index in [0.29, 0.717) is 0 Å². The van der Waals surface area contributed by atoms with Crippen LogP contribution in [0.15, 0.2) is 60.7 Å². The summed E-state index contributed by atoms with van der Waals surface area (Å²) >= 11 is 0. The van der Waals surface area contributed by atoms with Gasteiger partial charge in [0.25, 0.3) is 0 Å². The second kappa shape index (κ2) is 4.92. The molecule has 1 aliphatic heterocycles. The molecule has 18 heavy (non-hydrogen) atoms. The van der Waals surface area contributed by atoms with Crippen molar-refractivity contribution < 1.29 is 4.58 Å². The zero-order chi connectivity index (χ0) is 12.2. The normalized spacial score (nSPS) is 14.4. The number of nitrogens with one attached hydrogen (secondary N) is 2. The third-order valence-corrected chi connectivity index (χ3v) is 3.00. The van der Waals surface area contributed by atoms with Crippen LogP contribution in [0.4, 0.5) is 11.4 Å². The summed E-state index contributed by atoms with van der Waals surface area (Å²) in [5, 5.41) is 6.81. The SMILES string of the molecule is c1ccc(NC2=[N+](c3ccccc3)CCN2)cc1. The van der Waals surface area contributed by atoms with E-state index in [9.17, 15) is 0 Å². The van der Waals surface area contributed by atoms with Crippen molar-refractivity contribution in [2.24, 2.45) is 0 Å². The third-order valence-electron chi connectivity index (χ3n) is 3.00. The van der Waals surface area contributed by atoms with Crippen molar-refractivity contribution >= 4 is 17.3 Å². The first kappa shape index (κ1) is 10.8. The first-order valence-electron chi connectivity index (χ1n) is 6.19. The van der Waals surface area contributed by atoms with Crippen molar-refractivity contribution in [2.45, 2.75) is 0 Å². The van der Waals surface area contributed by atoms with E-state index in [1.807, 2.05) is 24.3 Å². The predicted octanol–water partition coefficient (Wildman–Crippen LogP) is 2.40. The Hall–Kier alpha value is -2.29. The van der Waals surface area contributed by atoms with Crippen LogP contribution in [0.2, 0.25) is 0 Å². The maximum Gasteiger partial charge on any atom is 0.355 e. The monoisotopic (exact) mass is 238 g/mol. The average Bonchev–Trinajstić information content (AvgIpc) is 2.89. The standard InChI is InChI=1S/C15H15N3/c1-3-7-13(8-4-1)17-15-16-11-12-18(15)14-9-5-2-6-10-14/h1-10H,11-12H2,(H,16,17)/p+1. The van der Waals surface area contributed by atoms with E-state index >= 15 is 0 Å². The molecule has 3 heteroatoms. The molecule has 1 aliphatic rings. The lowest BCUT2D eigenvalue weighted by molar-refractivity contribution is -0.428. The van der Waals surface area contributed by atoms with E-state index in [1.165, 1.54) is 5.69 Å². The van der Waals surface area contributed by atoms with Crippen molar-refractivity contribution in [2.75, 3.05) is 18.4 Å². The van der Waals surface area contributed by atoms with Crippen LogP contribution < -0.4 is 10.6 Å². The van der Waals surface area contributed by atoms with Crippen molar-refractivity contribution in [1.29, 1.82) is 0 Å². The molecule has 0 saturated heterocycles. The van der Waals surface area contributed by atoms with Crippen molar-refractivity contribution in [3.05, 3.63) is 60.7 Å². The molecule has 0 amide bonds. The Morgan fingerprint density at radius 1 is 0.889 bits per heavy atom. The number of para-hydroxylation sites is 2. The van der Waals surface area contributed by atoms with Gasteiger partial charge in [0.05, 0.1) is 12.2 Å². The lowest BCUT2D eigenvalue weighted by Crippen LogP contribution is -2.29. The van der Waals surface area contributed by atoms with E-state index in [1.54, 1.807) is 0 Å². The molecule has 0 aliphatic carbocycles. The lowest BCUT2D eigenvalue weighted by atomic mass is 10.3. The fraction of sp³-hybridized carbons (Fsp3) is 0.133. The zero-order valence-corrected chi connectivity index (χ0v) is 10.1. The Labute approximate surface area is 107 Å². The second-order valence-electron chi connectivity index (χ2n) is 4.25. The van der Waals surface area contributed by atoms with Crippen LogP contribution in [-0.4, -0.2) is 23.6 Å². The third kappa shape index (κ3) is 2.20. The van der Waals surface area contributed by atoms with Crippen LogP contribution >= 0.6 is 0 Å². The summed E-state index contributed by atoms with van der Waals surface area (Å²) < 4.78 is 2.26. The summed E-state index contributed by atoms with van der Waals surface area (Å²) in [5.41, 5.74) is 2.31. The minimum Gasteiger partial charge on any atom is -0.274 e. The molecule has 0 saturated carbocycles. The molecule has 0 spiro atoms. The molecule has 0 aromatic heterocycles. The summed E-state index contributed by atoms with van der Waals surface area (Å²) in [6.07, 6.45) is 0. The maximum absolute atomic E-state index is 3.42. The van der Waals surface area contributed by atoms with E-state index in [-0.39, 0.29) is 0 Å². The van der Waals surface area contributed by atoms with Gasteiger partial charge >= 0.3 is 5.96 Å². The van der Waals surface area contributed by atoms with Gasteiger partial charge in [0, 0.05) is 0 Å². The molecule has 2 aromatic rings. The number of rotatable bonds is 2. The Bertz CT molecular complexity index is 546. The highest BCUT2D eigenvalue weighted by atomic mass is 15.3. The maximum atomic E-state index is 3.42. The molecule has 0 atom stereocenters. The van der Waals surface area contributed by atoms with Gasteiger partial charge in [0.2, 0.25) is 0 Å². The Balaban J connectivity index is 1.90. The molecule has 2 N–H and O–H groups in total. The molecule has 0 unspecified atom stereocenters. The van der Waals surface area contributed by atoms with E-state index in [2.05, 4.69) is 51.6 Å². The molecular formula is C15H16N3+. The molecule has 0 radical (unpaired) electrons. The quantitative estimate of drug-likeness (QED) is 0.786. The molecule has 3 rings (SSSR count). The first-order valence-corrected chi connectivity index (χ1v) is 6.19. The predicted molar refractivity (Wildman–Crippen MR) is 74.3 cm³/mol. The van der Waals surface area contributed by atoms with Gasteiger partial charge in [-0.05, 0) is 24.3 Å². The van der Waals surface area contributed by atoms with Gasteiger partial charge in [-0.15, -0.1) is 0 Å². The van der Waals surface area contributed by atoms with Crippen LogP contribution in [-0.2, 0) is 0 Å². The van der Waals surface area contributed by atoms with Gasteiger partial charge in [0.15, 0.2) is 0 Å². The van der Waals surface area contributed by atoms with E-state index < -0.39 is 0 Å². The summed E-state index contributed by atoms with van der Waals surface area (Å²) in [6.45, 7) is 1.95. The molecule has 2 aromatic carbocycles. The van der Waals surface area contributed by atoms with Crippen LogP contribution in [0.1, 0.15) is 0 Å². The van der Waals surface area contributed by atoms with Gasteiger partial charge in [-0.25, -0.2) is 9.89 Å². The van der Waals surface area contributed by atoms with Gasteiger partial charge in [-0.1, -0.05) is 36.4 Å². The molecule has 0 fully saturated rings. The zero-order valence-electron chi connectivity index (χ0n) is 10.1. The fourth-order valence-corrected chi connectivity index (χ4v) is 2.13. The van der Waals surface area contributed by atoms with E-state index in [4.69, 9.17) is 0 Å². The molecule has 1 heterocycles. The van der Waals surface area contributed by atoms with Crippen molar-refractivity contribution in [1.82, 2.24) is 5.32 Å². The first-order chi connectivity index (χ1) is 8.93. The topological polar surface area (TPSA) is 27.1 Å². The largest absolute Gasteiger partial charge is 0.355 e. The lowest BCUT2D eigenvalue weighted by Gasteiger charge is -2.05. The molecule has 90 valence electrons. The van der Waals surface area contributed by atoms with Gasteiger partial charge in [-0.3, -0.25) is 5.32 Å². The van der Waals surface area contributed by atoms with Gasteiger partial charge in [0.1, 0.15) is 12.2 Å². The fourth-order valence-electron chi connectivity index (χ4n) is 2.13. The van der Waals surface area contributed by atoms with Crippen LogP contribution in [0.3, 0.4) is 0 Å². The number of hydrogen-bond donors (Lipinski definition) is 2. The highest BCUT2D eigenvalue weighted by Crippen LogP contribution is 2.13. The number of guanidine groups is 1. The van der Waals surface area contributed by atoms with Crippen LogP contribution in [0.25, 0.3) is 0 Å². The molecule has 3 nitrogen and oxygen atoms in total. The van der Waals surface area contributed by atoms with Crippen LogP contribution in [0.5, 0.6) is 0 Å². The molecular weight excluding hydrogens is 222 g/mol. The molecule has 0 bridgehead atoms. The highest BCUT2D eigenvalue weighted by Gasteiger charge is 2.21. The van der Waals surface area contributed by atoms with Gasteiger partial charge < -0.3 is 0 Å². The Morgan fingerprint density at radius 2 is 1.56 bits per heavy atom. The van der Waals surface area contributed by atoms with Crippen molar-refractivity contribution in [3.63, 3.8) is 0 Å². The van der Waals surface area contributed by atoms with E-state index in [0.717, 1.165) is 24.7 Å². The number of hydrogen-bond acceptors (Lipinski definition) is 2. The highest BCUT2D eigenvalue weighted by molar-refractivity contribution is 5.91. The average molecular weight is 238 g/mol. The number of anilines is 1. The number of nitrogens with zero attached hydrogens (tertiary/aromatic N) is 1. The van der Waals surface area contributed by atoms with Gasteiger partial charge in [-0.2, -0.15) is 0 Å². The summed E-state index contributed by atoms with van der Waals surface area (Å²) in [5.74, 6) is 1.05. The second-order valence-corrected chi connectivity index (χ2v) is 4.25. The van der Waals surface area contributed by atoms with Crippen molar-refractivity contribution in [3.8, 4) is 0 Å². The Kier molecular flexibility index (Phi) is 2.96. The smallest absolute Gasteiger partial charge is 0.274 e. The minimum absolute atomic E-state index is 0.962. The number of benzene rings is 2.